The number of aliphatic hydroxyl groups excluding tert-OH is 11. The van der Waals surface area contributed by atoms with Gasteiger partial charge in [-0.3, -0.25) is 19.2 Å². The summed E-state index contributed by atoms with van der Waals surface area (Å²) in [7, 11) is 1.28. The molecule has 10 aliphatic carbocycles. The second-order valence-electron chi connectivity index (χ2n) is 35.1. The van der Waals surface area contributed by atoms with Crippen LogP contribution in [0.4, 0.5) is 0 Å². The lowest BCUT2D eigenvalue weighted by Crippen LogP contribution is -2.73. The van der Waals surface area contributed by atoms with Gasteiger partial charge >= 0.3 is 23.9 Å². The minimum atomic E-state index is -2.28. The molecule has 0 amide bonds. The summed E-state index contributed by atoms with van der Waals surface area (Å²) in [6.45, 7) is 19.1. The average Bonchev–Trinajstić information content (AvgIpc) is 0.673. The lowest BCUT2D eigenvalue weighted by Gasteiger charge is -2.72. The molecule has 0 bridgehead atoms. The van der Waals surface area contributed by atoms with Crippen LogP contribution in [0, 0.1) is 101 Å². The van der Waals surface area contributed by atoms with Gasteiger partial charge in [-0.2, -0.15) is 0 Å². The van der Waals surface area contributed by atoms with E-state index in [-0.39, 0.29) is 55.8 Å². The van der Waals surface area contributed by atoms with Crippen LogP contribution in [-0.2, 0) is 47.6 Å². The summed E-state index contributed by atoms with van der Waals surface area (Å²) in [6, 6.07) is 0. The fourth-order valence-corrected chi connectivity index (χ4v) is 25.3. The van der Waals surface area contributed by atoms with Gasteiger partial charge in [0.2, 0.25) is 12.6 Å². The van der Waals surface area contributed by atoms with Crippen LogP contribution in [0.15, 0.2) is 23.3 Å². The molecular weight excluding hydrogens is 1260 g/mol. The molecule has 34 unspecified atom stereocenters. The van der Waals surface area contributed by atoms with Crippen LogP contribution in [0.2, 0.25) is 0 Å². The zero-order valence-electron chi connectivity index (χ0n) is 58.6. The van der Waals surface area contributed by atoms with Gasteiger partial charge in [0.15, 0.2) is 0 Å². The van der Waals surface area contributed by atoms with Crippen molar-refractivity contribution in [3.8, 4) is 0 Å². The van der Waals surface area contributed by atoms with Gasteiger partial charge in [-0.05, 0) is 192 Å². The van der Waals surface area contributed by atoms with Crippen molar-refractivity contribution in [2.45, 2.75) is 276 Å². The normalized spacial score (nSPS) is 56.1. The molecule has 548 valence electrons. The number of carboxylic acid groups (broad SMARTS) is 1. The summed E-state index contributed by atoms with van der Waals surface area (Å²) in [5, 5.41) is 162. The largest absolute Gasteiger partial charge is 0.481 e. The third-order valence-corrected chi connectivity index (χ3v) is 31.7. The molecule has 12 aliphatic rings. The van der Waals surface area contributed by atoms with Gasteiger partial charge in [-0.1, -0.05) is 78.7 Å². The number of carboxylic acids is 1. The van der Waals surface area contributed by atoms with Crippen molar-refractivity contribution in [3.05, 3.63) is 23.3 Å². The van der Waals surface area contributed by atoms with Crippen molar-refractivity contribution in [2.75, 3.05) is 26.9 Å². The van der Waals surface area contributed by atoms with E-state index in [0.29, 0.717) is 70.6 Å². The molecule has 97 heavy (non-hydrogen) atoms. The minimum absolute atomic E-state index is 0.0566. The summed E-state index contributed by atoms with van der Waals surface area (Å²) in [5.41, 5.74) is -12.8. The highest BCUT2D eigenvalue weighted by molar-refractivity contribution is 5.82. The Morgan fingerprint density at radius 3 is 1.41 bits per heavy atom. The molecule has 24 nitrogen and oxygen atoms in total. The number of carbonyl (C=O) groups is 4. The first-order valence-corrected chi connectivity index (χ1v) is 36.0. The molecule has 34 atom stereocenters. The highest BCUT2D eigenvalue weighted by Gasteiger charge is 2.78. The Bertz CT molecular complexity index is 3150. The Hall–Kier alpha value is -3.28. The fourth-order valence-electron chi connectivity index (χ4n) is 25.3. The minimum Gasteiger partial charge on any atom is -0.481 e. The van der Waals surface area contributed by atoms with Crippen LogP contribution in [0.25, 0.3) is 0 Å². The number of fused-ring (bicyclic) bond motifs is 14. The molecule has 0 radical (unpaired) electrons. The summed E-state index contributed by atoms with van der Waals surface area (Å²) >= 11 is 0. The van der Waals surface area contributed by atoms with Gasteiger partial charge in [-0.15, -0.1) is 0 Å². The van der Waals surface area contributed by atoms with E-state index in [0.717, 1.165) is 11.1 Å². The van der Waals surface area contributed by atoms with Gasteiger partial charge in [0.05, 0.1) is 65.6 Å². The Morgan fingerprint density at radius 2 is 0.959 bits per heavy atom. The van der Waals surface area contributed by atoms with E-state index >= 15 is 14.4 Å². The van der Waals surface area contributed by atoms with Crippen LogP contribution in [0.3, 0.4) is 0 Å². The van der Waals surface area contributed by atoms with Crippen molar-refractivity contribution in [1.29, 1.82) is 0 Å². The van der Waals surface area contributed by atoms with Gasteiger partial charge in [0, 0.05) is 18.9 Å². The first-order valence-electron chi connectivity index (χ1n) is 36.0. The Balaban J connectivity index is 0.834. The van der Waals surface area contributed by atoms with E-state index in [4.69, 9.17) is 28.4 Å². The van der Waals surface area contributed by atoms with E-state index in [1.54, 1.807) is 20.8 Å². The molecule has 0 spiro atoms. The van der Waals surface area contributed by atoms with Gasteiger partial charge in [-0.25, -0.2) is 0 Å². The standard InChI is InChI=1S/C73H112O24/c1-34-17-23-71(60(88)96-56-49(82)48(81)46(79)40(31-74)93-56)27-26-65(6)37(52(71)69(34,10)90)14-16-43-63(4)30-39(78)55(73(33-76,58(85)86)45(63)20-22-67(43,65)8)95-59(87)68(9)44-19-21-66(7)42(62(44,3)29-38(77)54(68)84)15-13-36-53-70(11,91)35(2)18-24-72(53,28-25-64(36,66)5)61(89)97-57-50(83)51(92-12)47(80)41(32-75)94-57/h13-14,34-35,38-57,74-84,90-91H,15-33H2,1-12H3,(H,85,86). The maximum Gasteiger partial charge on any atom is 0.316 e. The number of aliphatic carboxylic acids is 1. The highest BCUT2D eigenvalue weighted by atomic mass is 16.7. The third kappa shape index (κ3) is 9.61. The quantitative estimate of drug-likeness (QED) is 0.0803. The topological polar surface area (TPSA) is 407 Å². The second kappa shape index (κ2) is 24.1. The number of carbonyl (C=O) groups excluding carboxylic acids is 3. The maximum atomic E-state index is 15.9. The van der Waals surface area contributed by atoms with Crippen molar-refractivity contribution >= 4 is 23.9 Å². The number of allylic oxidation sites excluding steroid dienone is 2. The van der Waals surface area contributed by atoms with Crippen LogP contribution in [-0.4, -0.2) is 219 Å². The molecule has 14 N–H and O–H groups in total. The summed E-state index contributed by atoms with van der Waals surface area (Å²) in [6.07, 6.45) is -13.0. The molecule has 0 aromatic carbocycles. The average molecular weight is 1370 g/mol. The van der Waals surface area contributed by atoms with Gasteiger partial charge < -0.3 is 99.9 Å². The van der Waals surface area contributed by atoms with Gasteiger partial charge in [0.1, 0.15) is 60.4 Å². The molecule has 10 fully saturated rings. The van der Waals surface area contributed by atoms with Crippen LogP contribution in [0.1, 0.15) is 179 Å². The molecule has 0 aromatic heterocycles. The first kappa shape index (κ1) is 73.5. The monoisotopic (exact) mass is 1370 g/mol. The predicted octanol–water partition coefficient (Wildman–Crippen LogP) is 3.10. The number of methoxy groups -OCH3 is 1. The Labute approximate surface area is 568 Å². The van der Waals surface area contributed by atoms with E-state index in [1.165, 1.54) is 7.11 Å². The van der Waals surface area contributed by atoms with E-state index in [9.17, 15) is 76.3 Å². The molecule has 0 aromatic rings. The molecule has 12 rings (SSSR count). The van der Waals surface area contributed by atoms with Crippen LogP contribution in [0.5, 0.6) is 0 Å². The first-order chi connectivity index (χ1) is 45.1. The highest BCUT2D eigenvalue weighted by Crippen LogP contribution is 2.79. The molecular formula is C73H112O24. The van der Waals surface area contributed by atoms with E-state index in [2.05, 4.69) is 39.8 Å². The van der Waals surface area contributed by atoms with Gasteiger partial charge in [0.25, 0.3) is 0 Å². The zero-order chi connectivity index (χ0) is 71.3. The summed E-state index contributed by atoms with van der Waals surface area (Å²) in [5.74, 6) is -8.39. The zero-order valence-corrected chi connectivity index (χ0v) is 58.6. The molecule has 2 heterocycles. The number of rotatable bonds is 11. The lowest BCUT2D eigenvalue weighted by atomic mass is 9.32. The SMILES string of the molecule is COC1C(O)C(CO)OC(OC(=O)C23CCC(C)C(C)(O)C2C2=CCC4C5(C)CC(O)C(O)C(C)(C(=O)OC6C(O)CC7(C)C(CCC8(C)C7CC=C7C9C(C(=O)OC%10OC(CO)C(O)C(O)C%10O)(CCC(C)C9(C)O)CCC78C)C6(CO)C(=O)O)C5CCC4(C)C2(C)CC3)C1O. The third-order valence-electron chi connectivity index (χ3n) is 31.7. The van der Waals surface area contributed by atoms with Crippen molar-refractivity contribution in [3.63, 3.8) is 0 Å². The molecule has 24 heteroatoms. The lowest BCUT2D eigenvalue weighted by molar-refractivity contribution is -0.302. The molecule has 2 saturated heterocycles. The second-order valence-corrected chi connectivity index (χ2v) is 35.1. The summed E-state index contributed by atoms with van der Waals surface area (Å²) in [4.78, 5) is 60.6. The summed E-state index contributed by atoms with van der Waals surface area (Å²) < 4.78 is 35.5. The van der Waals surface area contributed by atoms with E-state index in [1.807, 2.05) is 27.7 Å². The smallest absolute Gasteiger partial charge is 0.316 e. The fraction of sp³-hybridized carbons (Fsp3) is 0.890. The van der Waals surface area contributed by atoms with Crippen LogP contribution >= 0.6 is 0 Å². The number of esters is 3. The van der Waals surface area contributed by atoms with Crippen LogP contribution < -0.4 is 0 Å². The van der Waals surface area contributed by atoms with Crippen molar-refractivity contribution < 1.29 is 119 Å². The maximum absolute atomic E-state index is 15.9. The number of aliphatic hydroxyl groups is 13. The van der Waals surface area contributed by atoms with Crippen molar-refractivity contribution in [1.82, 2.24) is 0 Å². The Kier molecular flexibility index (Phi) is 18.3. The predicted molar refractivity (Wildman–Crippen MR) is 342 cm³/mol. The van der Waals surface area contributed by atoms with Crippen molar-refractivity contribution in [2.24, 2.45) is 101 Å². The number of hydrogen-bond acceptors (Lipinski definition) is 23. The number of ether oxygens (including phenoxy) is 6. The molecule has 2 aliphatic heterocycles. The number of hydrogen-bond donors (Lipinski definition) is 14. The van der Waals surface area contributed by atoms with E-state index < -0.39 is 219 Å². The molecule has 8 saturated carbocycles. The Morgan fingerprint density at radius 1 is 0.515 bits per heavy atom.